The molecule has 0 saturated carbocycles. The number of carbonyl (C=O) groups excluding carboxylic acids is 1. The van der Waals surface area contributed by atoms with Gasteiger partial charge < -0.3 is 10.2 Å². The smallest absolute Gasteiger partial charge is 0.224 e. The highest BCUT2D eigenvalue weighted by Crippen LogP contribution is 2.19. The summed E-state index contributed by atoms with van der Waals surface area (Å²) in [6, 6.07) is 9.94. The fraction of sp³-hybridized carbons (Fsp3) is 0.286. The number of anilines is 1. The van der Waals surface area contributed by atoms with Gasteiger partial charge in [-0.3, -0.25) is 4.79 Å². The summed E-state index contributed by atoms with van der Waals surface area (Å²) in [7, 11) is 3.84. The first-order valence-corrected chi connectivity index (χ1v) is 9.05. The van der Waals surface area contributed by atoms with E-state index < -0.39 is 0 Å². The molecule has 1 amide bonds. The Bertz CT molecular complexity index is 979. The van der Waals surface area contributed by atoms with Crippen molar-refractivity contribution in [2.24, 2.45) is 0 Å². The first-order valence-electron chi connectivity index (χ1n) is 9.05. The van der Waals surface area contributed by atoms with Crippen LogP contribution in [0.25, 0.3) is 5.69 Å². The zero-order valence-corrected chi connectivity index (χ0v) is 16.5. The number of nitrogens with one attached hydrogen (secondary N) is 1. The molecule has 0 spiro atoms. The van der Waals surface area contributed by atoms with Crippen LogP contribution in [0.5, 0.6) is 0 Å². The summed E-state index contributed by atoms with van der Waals surface area (Å²) in [5, 5.41) is 7.48. The van der Waals surface area contributed by atoms with Gasteiger partial charge in [0, 0.05) is 43.7 Å². The van der Waals surface area contributed by atoms with E-state index >= 15 is 0 Å². The van der Waals surface area contributed by atoms with Crippen molar-refractivity contribution in [3.8, 4) is 5.69 Å². The van der Waals surface area contributed by atoms with Crippen LogP contribution in [0.4, 0.5) is 10.2 Å². The van der Waals surface area contributed by atoms with Gasteiger partial charge in [-0.1, -0.05) is 6.07 Å². The minimum Gasteiger partial charge on any atom is -0.362 e. The third kappa shape index (κ3) is 4.19. The predicted molar refractivity (Wildman–Crippen MR) is 107 cm³/mol. The van der Waals surface area contributed by atoms with E-state index in [1.165, 1.54) is 12.1 Å². The Morgan fingerprint density at radius 2 is 1.89 bits per heavy atom. The van der Waals surface area contributed by atoms with Crippen LogP contribution in [0.3, 0.4) is 0 Å². The number of hydrogen-bond donors (Lipinski definition) is 1. The number of benzene rings is 1. The van der Waals surface area contributed by atoms with Crippen molar-refractivity contribution in [2.75, 3.05) is 19.0 Å². The second-order valence-electron chi connectivity index (χ2n) is 6.87. The van der Waals surface area contributed by atoms with Crippen LogP contribution in [0.2, 0.25) is 0 Å². The molecule has 0 fully saturated rings. The van der Waals surface area contributed by atoms with Crippen molar-refractivity contribution in [3.63, 3.8) is 0 Å². The van der Waals surface area contributed by atoms with Gasteiger partial charge in [0.25, 0.3) is 0 Å². The molecular formula is C21H24FN5O. The molecule has 0 aliphatic rings. The summed E-state index contributed by atoms with van der Waals surface area (Å²) in [6.45, 7) is 4.20. The second-order valence-corrected chi connectivity index (χ2v) is 6.87. The van der Waals surface area contributed by atoms with Gasteiger partial charge in [0.05, 0.1) is 17.8 Å². The highest BCUT2D eigenvalue weighted by molar-refractivity contribution is 5.79. The number of rotatable bonds is 6. The summed E-state index contributed by atoms with van der Waals surface area (Å²) in [4.78, 5) is 18.8. The van der Waals surface area contributed by atoms with Crippen LogP contribution < -0.4 is 10.2 Å². The number of aryl methyl sites for hydroxylation is 1. The molecule has 146 valence electrons. The van der Waals surface area contributed by atoms with Gasteiger partial charge in [-0.05, 0) is 44.2 Å². The zero-order valence-electron chi connectivity index (χ0n) is 16.5. The number of pyridine rings is 1. The maximum atomic E-state index is 13.2. The van der Waals surface area contributed by atoms with E-state index in [9.17, 15) is 9.18 Å². The second kappa shape index (κ2) is 8.21. The van der Waals surface area contributed by atoms with Crippen molar-refractivity contribution < 1.29 is 9.18 Å². The van der Waals surface area contributed by atoms with Crippen LogP contribution >= 0.6 is 0 Å². The average Bonchev–Trinajstić information content (AvgIpc) is 2.95. The Morgan fingerprint density at radius 1 is 1.18 bits per heavy atom. The molecule has 0 unspecified atom stereocenters. The fourth-order valence-electron chi connectivity index (χ4n) is 3.15. The van der Waals surface area contributed by atoms with E-state index in [1.54, 1.807) is 23.0 Å². The molecule has 1 aromatic carbocycles. The predicted octanol–water partition coefficient (Wildman–Crippen LogP) is 2.95. The molecular weight excluding hydrogens is 357 g/mol. The number of nitrogens with zero attached hydrogens (tertiary/aromatic N) is 4. The number of aromatic nitrogens is 3. The van der Waals surface area contributed by atoms with E-state index in [0.29, 0.717) is 6.54 Å². The summed E-state index contributed by atoms with van der Waals surface area (Å²) in [5.74, 6) is 0.454. The molecule has 0 radical (unpaired) electrons. The number of amides is 1. The third-order valence-corrected chi connectivity index (χ3v) is 4.62. The molecule has 3 aromatic rings. The molecule has 3 rings (SSSR count). The van der Waals surface area contributed by atoms with Gasteiger partial charge in [0.15, 0.2) is 0 Å². The first kappa shape index (κ1) is 19.5. The Balaban J connectivity index is 1.72. The highest BCUT2D eigenvalue weighted by atomic mass is 19.1. The topological polar surface area (TPSA) is 63.1 Å². The van der Waals surface area contributed by atoms with Crippen LogP contribution in [0.15, 0.2) is 42.6 Å². The summed E-state index contributed by atoms with van der Waals surface area (Å²) >= 11 is 0. The number of halogens is 1. The van der Waals surface area contributed by atoms with Gasteiger partial charge in [-0.25, -0.2) is 14.1 Å². The molecule has 0 bridgehead atoms. The number of hydrogen-bond acceptors (Lipinski definition) is 4. The fourth-order valence-corrected chi connectivity index (χ4v) is 3.15. The highest BCUT2D eigenvalue weighted by Gasteiger charge is 2.16. The Morgan fingerprint density at radius 3 is 2.57 bits per heavy atom. The van der Waals surface area contributed by atoms with E-state index in [4.69, 9.17) is 0 Å². The summed E-state index contributed by atoms with van der Waals surface area (Å²) in [5.41, 5.74) is 4.25. The van der Waals surface area contributed by atoms with Crippen molar-refractivity contribution in [1.29, 1.82) is 0 Å². The minimum absolute atomic E-state index is 0.0848. The Labute approximate surface area is 164 Å². The maximum Gasteiger partial charge on any atom is 0.224 e. The quantitative estimate of drug-likeness (QED) is 0.713. The van der Waals surface area contributed by atoms with Crippen LogP contribution in [-0.4, -0.2) is 34.8 Å². The first-order chi connectivity index (χ1) is 13.4. The maximum absolute atomic E-state index is 13.2. The van der Waals surface area contributed by atoms with Crippen LogP contribution in [0.1, 0.15) is 22.5 Å². The summed E-state index contributed by atoms with van der Waals surface area (Å²) < 4.78 is 14.9. The van der Waals surface area contributed by atoms with Crippen LogP contribution in [0, 0.1) is 19.7 Å². The van der Waals surface area contributed by atoms with Crippen molar-refractivity contribution >= 4 is 11.7 Å². The molecule has 0 atom stereocenters. The molecule has 2 aromatic heterocycles. The molecule has 2 heterocycles. The van der Waals surface area contributed by atoms with E-state index in [-0.39, 0.29) is 18.1 Å². The standard InChI is InChI=1S/C21H24FN5O/c1-14-19(15(2)27(25-14)18-9-7-17(22)8-10-18)12-20(28)24-13-16-6-5-11-23-21(16)26(3)4/h5-11H,12-13H2,1-4H3,(H,24,28). The molecule has 0 aliphatic carbocycles. The lowest BCUT2D eigenvalue weighted by molar-refractivity contribution is -0.120. The Hall–Kier alpha value is -3.22. The van der Waals surface area contributed by atoms with Crippen molar-refractivity contribution in [2.45, 2.75) is 26.8 Å². The normalized spacial score (nSPS) is 10.8. The lowest BCUT2D eigenvalue weighted by atomic mass is 10.1. The molecule has 0 aliphatic heterocycles. The van der Waals surface area contributed by atoms with Crippen molar-refractivity contribution in [3.05, 3.63) is 70.9 Å². The van der Waals surface area contributed by atoms with E-state index in [1.807, 2.05) is 45.0 Å². The van der Waals surface area contributed by atoms with Gasteiger partial charge in [0.2, 0.25) is 5.91 Å². The number of carbonyl (C=O) groups is 1. The lowest BCUT2D eigenvalue weighted by Crippen LogP contribution is -2.26. The molecule has 1 N–H and O–H groups in total. The largest absolute Gasteiger partial charge is 0.362 e. The zero-order chi connectivity index (χ0) is 20.3. The van der Waals surface area contributed by atoms with Crippen LogP contribution in [-0.2, 0) is 17.8 Å². The molecule has 0 saturated heterocycles. The molecule has 6 nitrogen and oxygen atoms in total. The minimum atomic E-state index is -0.294. The van der Waals surface area contributed by atoms with E-state index in [2.05, 4.69) is 15.4 Å². The van der Waals surface area contributed by atoms with E-state index in [0.717, 1.165) is 34.0 Å². The third-order valence-electron chi connectivity index (χ3n) is 4.62. The molecule has 7 heteroatoms. The summed E-state index contributed by atoms with van der Waals surface area (Å²) in [6.07, 6.45) is 1.97. The van der Waals surface area contributed by atoms with Gasteiger partial charge in [0.1, 0.15) is 11.6 Å². The van der Waals surface area contributed by atoms with Crippen molar-refractivity contribution in [1.82, 2.24) is 20.1 Å². The Kier molecular flexibility index (Phi) is 5.73. The molecule has 28 heavy (non-hydrogen) atoms. The monoisotopic (exact) mass is 381 g/mol. The van der Waals surface area contributed by atoms with Gasteiger partial charge in [-0.15, -0.1) is 0 Å². The van der Waals surface area contributed by atoms with Gasteiger partial charge >= 0.3 is 0 Å². The SMILES string of the molecule is Cc1nn(-c2ccc(F)cc2)c(C)c1CC(=O)NCc1cccnc1N(C)C. The average molecular weight is 381 g/mol. The van der Waals surface area contributed by atoms with Gasteiger partial charge in [-0.2, -0.15) is 5.10 Å². The lowest BCUT2D eigenvalue weighted by Gasteiger charge is -2.16.